The quantitative estimate of drug-likeness (QED) is 0.698. The Morgan fingerprint density at radius 3 is 2.28 bits per heavy atom. The molecule has 18 heavy (non-hydrogen) atoms. The van der Waals surface area contributed by atoms with E-state index in [9.17, 15) is 14.7 Å². The van der Waals surface area contributed by atoms with Crippen LogP contribution in [0, 0.1) is 5.41 Å². The first-order valence-corrected chi connectivity index (χ1v) is 6.24. The number of aliphatic carboxylic acids is 1. The van der Waals surface area contributed by atoms with E-state index in [-0.39, 0.29) is 25.2 Å². The molecule has 102 valence electrons. The van der Waals surface area contributed by atoms with E-state index in [0.717, 1.165) is 25.9 Å². The summed E-state index contributed by atoms with van der Waals surface area (Å²) in [6, 6.07) is 0.144. The van der Waals surface area contributed by atoms with Crippen LogP contribution in [-0.4, -0.2) is 73.2 Å². The maximum atomic E-state index is 12.3. The zero-order valence-corrected chi connectivity index (χ0v) is 10.9. The molecule has 0 atom stereocenters. The van der Waals surface area contributed by atoms with Gasteiger partial charge in [0.05, 0.1) is 13.2 Å². The minimum atomic E-state index is -1.34. The standard InChI is InChI=1S/C12H20N2O4/c1-13-5-3-9(4-6-13)14(2)10(15)12(11(16)17)7-18-8-12/h9H,3-8H2,1-2H3,(H,16,17). The van der Waals surface area contributed by atoms with Gasteiger partial charge in [-0.05, 0) is 33.0 Å². The second-order valence-electron chi connectivity index (χ2n) is 5.33. The number of amides is 1. The molecule has 0 aromatic carbocycles. The lowest BCUT2D eigenvalue weighted by Crippen LogP contribution is -2.61. The molecule has 2 aliphatic heterocycles. The second-order valence-corrected chi connectivity index (χ2v) is 5.33. The van der Waals surface area contributed by atoms with Crippen molar-refractivity contribution in [3.63, 3.8) is 0 Å². The number of likely N-dealkylation sites (tertiary alicyclic amines) is 1. The van der Waals surface area contributed by atoms with E-state index in [2.05, 4.69) is 11.9 Å². The van der Waals surface area contributed by atoms with E-state index in [1.54, 1.807) is 11.9 Å². The van der Waals surface area contributed by atoms with Crippen LogP contribution >= 0.6 is 0 Å². The zero-order valence-electron chi connectivity index (χ0n) is 10.9. The van der Waals surface area contributed by atoms with Crippen molar-refractivity contribution in [1.29, 1.82) is 0 Å². The molecule has 0 aromatic heterocycles. The van der Waals surface area contributed by atoms with Crippen molar-refractivity contribution in [2.75, 3.05) is 40.4 Å². The molecule has 2 saturated heterocycles. The number of carbonyl (C=O) groups is 2. The van der Waals surface area contributed by atoms with Crippen LogP contribution in [0.3, 0.4) is 0 Å². The lowest BCUT2D eigenvalue weighted by molar-refractivity contribution is -0.192. The molecule has 2 fully saturated rings. The van der Waals surface area contributed by atoms with Gasteiger partial charge in [0, 0.05) is 13.1 Å². The molecule has 1 amide bonds. The Hall–Kier alpha value is -1.14. The summed E-state index contributed by atoms with van der Waals surface area (Å²) in [6.07, 6.45) is 1.80. The lowest BCUT2D eigenvalue weighted by atomic mass is 9.83. The van der Waals surface area contributed by atoms with Crippen molar-refractivity contribution < 1.29 is 19.4 Å². The minimum Gasteiger partial charge on any atom is -0.480 e. The molecule has 2 heterocycles. The zero-order chi connectivity index (χ0) is 13.3. The number of carbonyl (C=O) groups excluding carboxylic acids is 1. The van der Waals surface area contributed by atoms with Crippen LogP contribution in [0.15, 0.2) is 0 Å². The first-order valence-electron chi connectivity index (χ1n) is 6.24. The van der Waals surface area contributed by atoms with E-state index < -0.39 is 11.4 Å². The number of carboxylic acid groups (broad SMARTS) is 1. The molecular formula is C12H20N2O4. The van der Waals surface area contributed by atoms with E-state index in [0.29, 0.717) is 0 Å². The van der Waals surface area contributed by atoms with Crippen LogP contribution in [0.1, 0.15) is 12.8 Å². The number of ether oxygens (including phenoxy) is 1. The second kappa shape index (κ2) is 4.85. The van der Waals surface area contributed by atoms with Gasteiger partial charge in [-0.3, -0.25) is 9.59 Å². The van der Waals surface area contributed by atoms with Gasteiger partial charge >= 0.3 is 5.97 Å². The summed E-state index contributed by atoms with van der Waals surface area (Å²) >= 11 is 0. The number of nitrogens with zero attached hydrogens (tertiary/aromatic N) is 2. The van der Waals surface area contributed by atoms with Crippen molar-refractivity contribution in [2.45, 2.75) is 18.9 Å². The van der Waals surface area contributed by atoms with Gasteiger partial charge in [0.15, 0.2) is 5.41 Å². The molecule has 0 saturated carbocycles. The molecule has 6 nitrogen and oxygen atoms in total. The number of carboxylic acids is 1. The summed E-state index contributed by atoms with van der Waals surface area (Å²) in [7, 11) is 3.76. The molecule has 0 bridgehead atoms. The normalized spacial score (nSPS) is 24.3. The van der Waals surface area contributed by atoms with Crippen molar-refractivity contribution >= 4 is 11.9 Å². The Labute approximate surface area is 106 Å². The molecule has 2 aliphatic rings. The van der Waals surface area contributed by atoms with Crippen LogP contribution in [0.25, 0.3) is 0 Å². The summed E-state index contributed by atoms with van der Waals surface area (Å²) < 4.78 is 4.94. The Bertz CT molecular complexity index is 346. The van der Waals surface area contributed by atoms with Gasteiger partial charge in [-0.15, -0.1) is 0 Å². The molecule has 0 aromatic rings. The predicted molar refractivity (Wildman–Crippen MR) is 64.2 cm³/mol. The highest BCUT2D eigenvalue weighted by Crippen LogP contribution is 2.31. The van der Waals surface area contributed by atoms with Crippen molar-refractivity contribution in [3.05, 3.63) is 0 Å². The lowest BCUT2D eigenvalue weighted by Gasteiger charge is -2.42. The molecule has 1 N–H and O–H groups in total. The van der Waals surface area contributed by atoms with Crippen molar-refractivity contribution in [2.24, 2.45) is 5.41 Å². The SMILES string of the molecule is CN1CCC(N(C)C(=O)C2(C(=O)O)COC2)CC1. The summed E-state index contributed by atoms with van der Waals surface area (Å²) in [5.74, 6) is -1.38. The van der Waals surface area contributed by atoms with Crippen LogP contribution in [0.4, 0.5) is 0 Å². The fourth-order valence-corrected chi connectivity index (χ4v) is 2.53. The van der Waals surface area contributed by atoms with Gasteiger partial charge in [0.2, 0.25) is 5.91 Å². The summed E-state index contributed by atoms with van der Waals surface area (Å²) in [5, 5.41) is 9.21. The first kappa shape index (κ1) is 13.3. The third-order valence-electron chi connectivity index (χ3n) is 4.07. The average Bonchev–Trinajstić information content (AvgIpc) is 2.27. The molecule has 0 radical (unpaired) electrons. The monoisotopic (exact) mass is 256 g/mol. The van der Waals surface area contributed by atoms with Crippen LogP contribution in [0.5, 0.6) is 0 Å². The molecule has 2 rings (SSSR count). The Kier molecular flexibility index (Phi) is 3.59. The third kappa shape index (κ3) is 2.10. The number of hydrogen-bond donors (Lipinski definition) is 1. The van der Waals surface area contributed by atoms with Crippen LogP contribution in [-0.2, 0) is 14.3 Å². The Morgan fingerprint density at radius 2 is 1.89 bits per heavy atom. The van der Waals surface area contributed by atoms with Crippen LogP contribution < -0.4 is 0 Å². The van der Waals surface area contributed by atoms with Gasteiger partial charge in [0.1, 0.15) is 0 Å². The fourth-order valence-electron chi connectivity index (χ4n) is 2.53. The highest BCUT2D eigenvalue weighted by molar-refractivity contribution is 6.03. The minimum absolute atomic E-state index is 0.00186. The summed E-state index contributed by atoms with van der Waals surface area (Å²) in [4.78, 5) is 27.4. The number of rotatable bonds is 3. The van der Waals surface area contributed by atoms with Crippen molar-refractivity contribution in [1.82, 2.24) is 9.80 Å². The fraction of sp³-hybridized carbons (Fsp3) is 0.833. The van der Waals surface area contributed by atoms with Gasteiger partial charge < -0.3 is 19.6 Å². The van der Waals surface area contributed by atoms with Gasteiger partial charge in [-0.1, -0.05) is 0 Å². The van der Waals surface area contributed by atoms with E-state index in [1.165, 1.54) is 0 Å². The van der Waals surface area contributed by atoms with Gasteiger partial charge in [-0.2, -0.15) is 0 Å². The molecule has 0 unspecified atom stereocenters. The summed E-state index contributed by atoms with van der Waals surface area (Å²) in [6.45, 7) is 1.88. The predicted octanol–water partition coefficient (Wildman–Crippen LogP) is -0.360. The Balaban J connectivity index is 2.02. The Morgan fingerprint density at radius 1 is 1.33 bits per heavy atom. The van der Waals surface area contributed by atoms with Gasteiger partial charge in [0.25, 0.3) is 0 Å². The maximum Gasteiger partial charge on any atom is 0.324 e. The molecule has 6 heteroatoms. The van der Waals surface area contributed by atoms with E-state index in [4.69, 9.17) is 4.74 Å². The molecule has 0 spiro atoms. The van der Waals surface area contributed by atoms with E-state index >= 15 is 0 Å². The summed E-state index contributed by atoms with van der Waals surface area (Å²) in [5.41, 5.74) is -1.34. The molecule has 0 aliphatic carbocycles. The highest BCUT2D eigenvalue weighted by atomic mass is 16.5. The average molecular weight is 256 g/mol. The topological polar surface area (TPSA) is 70.1 Å². The van der Waals surface area contributed by atoms with E-state index in [1.807, 2.05) is 0 Å². The number of piperidine rings is 1. The van der Waals surface area contributed by atoms with Gasteiger partial charge in [-0.25, -0.2) is 0 Å². The third-order valence-corrected chi connectivity index (χ3v) is 4.07. The first-order chi connectivity index (χ1) is 8.47. The number of hydrogen-bond acceptors (Lipinski definition) is 4. The van der Waals surface area contributed by atoms with Crippen LogP contribution in [0.2, 0.25) is 0 Å². The largest absolute Gasteiger partial charge is 0.480 e. The maximum absolute atomic E-state index is 12.3. The molecular weight excluding hydrogens is 236 g/mol. The smallest absolute Gasteiger partial charge is 0.324 e. The highest BCUT2D eigenvalue weighted by Gasteiger charge is 2.55. The van der Waals surface area contributed by atoms with Crippen molar-refractivity contribution in [3.8, 4) is 0 Å².